The second-order valence-electron chi connectivity index (χ2n) is 9.55. The average Bonchev–Trinajstić information content (AvgIpc) is 3.40. The van der Waals surface area contributed by atoms with Gasteiger partial charge in [-0.3, -0.25) is 9.36 Å². The fourth-order valence-electron chi connectivity index (χ4n) is 4.19. The molecule has 1 aromatic carbocycles. The number of hydrogen-bond donors (Lipinski definition) is 3. The number of nitrogens with one attached hydrogen (secondary N) is 1. The van der Waals surface area contributed by atoms with Gasteiger partial charge in [-0.1, -0.05) is 18.2 Å². The van der Waals surface area contributed by atoms with Gasteiger partial charge in [0.25, 0.3) is 0 Å². The Hall–Kier alpha value is -2.94. The second kappa shape index (κ2) is 11.9. The van der Waals surface area contributed by atoms with E-state index in [4.69, 9.17) is 36.1 Å². The van der Waals surface area contributed by atoms with Crippen molar-refractivity contribution in [1.82, 2.24) is 24.6 Å². The van der Waals surface area contributed by atoms with E-state index in [-0.39, 0.29) is 24.8 Å². The number of benzene rings is 1. The van der Waals surface area contributed by atoms with Crippen LogP contribution in [-0.2, 0) is 30.6 Å². The number of halogens is 1. The van der Waals surface area contributed by atoms with Crippen molar-refractivity contribution in [2.45, 2.75) is 50.9 Å². The van der Waals surface area contributed by atoms with Crippen molar-refractivity contribution in [3.8, 4) is 5.75 Å². The predicted octanol–water partition coefficient (Wildman–Crippen LogP) is 2.32. The number of carbonyl (C=O) groups excluding carboxylic acids is 1. The molecule has 1 fully saturated rings. The summed E-state index contributed by atoms with van der Waals surface area (Å²) in [6.07, 6.45) is -2.75. The zero-order valence-corrected chi connectivity index (χ0v) is 24.4. The van der Waals surface area contributed by atoms with Gasteiger partial charge >= 0.3 is 12.6 Å². The smallest absolute Gasteiger partial charge is 0.323 e. The fourth-order valence-corrected chi connectivity index (χ4v) is 6.61. The molecule has 0 spiro atoms. The predicted molar refractivity (Wildman–Crippen MR) is 150 cm³/mol. The molecule has 16 heteroatoms. The Balaban J connectivity index is 1.58. The van der Waals surface area contributed by atoms with Gasteiger partial charge in [-0.05, 0) is 44.7 Å². The number of anilines is 2. The second-order valence-corrected chi connectivity index (χ2v) is 12.7. The van der Waals surface area contributed by atoms with Gasteiger partial charge in [0.1, 0.15) is 24.0 Å². The zero-order chi connectivity index (χ0) is 29.2. The number of aromatic nitrogens is 4. The molecule has 0 bridgehead atoms. The Bertz CT molecular complexity index is 1390. The third-order valence-corrected chi connectivity index (χ3v) is 8.68. The van der Waals surface area contributed by atoms with E-state index < -0.39 is 42.8 Å². The highest BCUT2D eigenvalue weighted by Gasteiger charge is 2.56. The van der Waals surface area contributed by atoms with Crippen molar-refractivity contribution in [1.29, 1.82) is 0 Å². The first-order valence-electron chi connectivity index (χ1n) is 12.5. The van der Waals surface area contributed by atoms with E-state index >= 15 is 4.39 Å². The molecule has 13 nitrogen and oxygen atoms in total. The Morgan fingerprint density at radius 3 is 2.73 bits per heavy atom. The molecule has 0 radical (unpaired) electrons. The molecule has 0 unspecified atom stereocenters. The van der Waals surface area contributed by atoms with Crippen molar-refractivity contribution in [3.63, 3.8) is 0 Å². The Kier molecular flexibility index (Phi) is 8.93. The molecule has 4 rings (SSSR count). The molecule has 1 aliphatic heterocycles. The minimum atomic E-state index is -3.43. The van der Waals surface area contributed by atoms with Gasteiger partial charge in [0, 0.05) is 14.1 Å². The summed E-state index contributed by atoms with van der Waals surface area (Å²) in [6, 6.07) is 7.79. The number of esters is 1. The topological polar surface area (TPSA) is 159 Å². The van der Waals surface area contributed by atoms with E-state index in [1.807, 2.05) is 0 Å². The average molecular weight is 598 g/mol. The summed E-state index contributed by atoms with van der Waals surface area (Å²) in [7, 11) is 3.53. The standard InChI is InChI=1S/C24H33FN7O6PS/c1-6-35-21(34)14(2)30-39(40,38-15-10-8-7-9-11-15)36-12-16-18(33)24(3,25)22(37-16)32-13-27-17-19(31(4)5)28-23(26)29-20(17)32/h7-11,13-14,16,18,22,33H,6,12H2,1-5H3,(H,30,40)(H2,26,28,29)/t14-,16-,18-,22-,24-,39+/m1/s1. The first-order valence-corrected chi connectivity index (χ1v) is 15.1. The molecule has 0 aliphatic carbocycles. The molecule has 218 valence electrons. The highest BCUT2D eigenvalue weighted by atomic mass is 32.5. The first kappa shape index (κ1) is 30.0. The summed E-state index contributed by atoms with van der Waals surface area (Å²) in [5, 5.41) is 13.8. The van der Waals surface area contributed by atoms with E-state index in [1.54, 1.807) is 63.2 Å². The van der Waals surface area contributed by atoms with Crippen LogP contribution in [0, 0.1) is 0 Å². The van der Waals surface area contributed by atoms with Crippen molar-refractivity contribution >= 4 is 47.3 Å². The fraction of sp³-hybridized carbons (Fsp3) is 0.500. The van der Waals surface area contributed by atoms with E-state index in [2.05, 4.69) is 20.0 Å². The maximum absolute atomic E-state index is 16.0. The lowest BCUT2D eigenvalue weighted by Crippen LogP contribution is -2.41. The molecule has 1 saturated heterocycles. The normalized spacial score (nSPS) is 24.9. The van der Waals surface area contributed by atoms with Gasteiger partial charge in [0.2, 0.25) is 5.95 Å². The molecule has 3 aromatic rings. The number of fused-ring (bicyclic) bond motifs is 1. The molecule has 6 atom stereocenters. The number of carbonyl (C=O) groups is 1. The van der Waals surface area contributed by atoms with Crippen LogP contribution in [0.1, 0.15) is 27.0 Å². The summed E-state index contributed by atoms with van der Waals surface area (Å²) in [5.74, 6) is 0.267. The highest BCUT2D eigenvalue weighted by Crippen LogP contribution is 2.48. The van der Waals surface area contributed by atoms with Crippen LogP contribution in [0.2, 0.25) is 0 Å². The summed E-state index contributed by atoms with van der Waals surface area (Å²) < 4.78 is 40.4. The van der Waals surface area contributed by atoms with Crippen LogP contribution in [0.4, 0.5) is 16.2 Å². The van der Waals surface area contributed by atoms with Crippen LogP contribution in [-0.4, -0.2) is 81.8 Å². The van der Waals surface area contributed by atoms with Crippen LogP contribution in [0.5, 0.6) is 5.75 Å². The number of para-hydroxylation sites is 1. The number of nitrogens with zero attached hydrogens (tertiary/aromatic N) is 5. The number of hydrogen-bond acceptors (Lipinski definition) is 12. The molecule has 0 saturated carbocycles. The zero-order valence-electron chi connectivity index (χ0n) is 22.7. The van der Waals surface area contributed by atoms with Crippen LogP contribution < -0.4 is 20.2 Å². The van der Waals surface area contributed by atoms with Gasteiger partial charge in [-0.15, -0.1) is 0 Å². The van der Waals surface area contributed by atoms with Gasteiger partial charge in [-0.25, -0.2) is 14.5 Å². The Morgan fingerprint density at radius 2 is 2.08 bits per heavy atom. The van der Waals surface area contributed by atoms with Gasteiger partial charge in [0.15, 0.2) is 28.9 Å². The number of ether oxygens (including phenoxy) is 2. The van der Waals surface area contributed by atoms with Crippen LogP contribution in [0.15, 0.2) is 36.7 Å². The van der Waals surface area contributed by atoms with E-state index in [9.17, 15) is 9.90 Å². The lowest BCUT2D eigenvalue weighted by Gasteiger charge is -2.28. The first-order chi connectivity index (χ1) is 18.9. The number of rotatable bonds is 11. The lowest BCUT2D eigenvalue weighted by molar-refractivity contribution is -0.144. The number of nitrogen functional groups attached to an aromatic ring is 1. The van der Waals surface area contributed by atoms with Crippen molar-refractivity contribution in [2.75, 3.05) is 37.9 Å². The van der Waals surface area contributed by atoms with E-state index in [0.717, 1.165) is 0 Å². The largest absolute Gasteiger partial charge is 0.465 e. The Morgan fingerprint density at radius 1 is 1.38 bits per heavy atom. The minimum Gasteiger partial charge on any atom is -0.465 e. The molecule has 40 heavy (non-hydrogen) atoms. The summed E-state index contributed by atoms with van der Waals surface area (Å²) in [5.41, 5.74) is 4.23. The quantitative estimate of drug-likeness (QED) is 0.219. The van der Waals surface area contributed by atoms with Crippen LogP contribution >= 0.6 is 6.64 Å². The SMILES string of the molecule is CCOC(=O)[C@@H](C)N[P@](=S)(OC[C@H]1O[C@@H](n2cnc3c(N(C)C)nc(N)nc32)[C@](C)(F)[C@@H]1O)Oc1ccccc1. The maximum Gasteiger partial charge on any atom is 0.323 e. The highest BCUT2D eigenvalue weighted by molar-refractivity contribution is 8.09. The molecule has 2 aromatic heterocycles. The number of aliphatic hydroxyl groups is 1. The lowest BCUT2D eigenvalue weighted by atomic mass is 9.98. The molecule has 3 heterocycles. The summed E-state index contributed by atoms with van der Waals surface area (Å²) >= 11 is 5.69. The number of imidazole rings is 1. The van der Waals surface area contributed by atoms with E-state index in [1.165, 1.54) is 17.8 Å². The number of alkyl halides is 1. The van der Waals surface area contributed by atoms with Crippen molar-refractivity contribution in [2.24, 2.45) is 0 Å². The molecule has 4 N–H and O–H groups in total. The number of nitrogens with two attached hydrogens (primary N) is 1. The van der Waals surface area contributed by atoms with Gasteiger partial charge in [-0.2, -0.15) is 9.97 Å². The van der Waals surface area contributed by atoms with Gasteiger partial charge < -0.3 is 34.3 Å². The monoisotopic (exact) mass is 597 g/mol. The van der Waals surface area contributed by atoms with Crippen molar-refractivity contribution < 1.29 is 32.8 Å². The maximum atomic E-state index is 16.0. The molecule has 0 amide bonds. The summed E-state index contributed by atoms with van der Waals surface area (Å²) in [4.78, 5) is 26.7. The molecular weight excluding hydrogens is 564 g/mol. The Labute approximate surface area is 236 Å². The third-order valence-electron chi connectivity index (χ3n) is 6.18. The van der Waals surface area contributed by atoms with Crippen molar-refractivity contribution in [3.05, 3.63) is 36.7 Å². The third kappa shape index (κ3) is 6.19. The molecular formula is C24H33FN7O6PS. The van der Waals surface area contributed by atoms with Gasteiger partial charge in [0.05, 0.1) is 19.5 Å². The van der Waals surface area contributed by atoms with Crippen LogP contribution in [0.25, 0.3) is 11.2 Å². The number of aliphatic hydroxyl groups excluding tert-OH is 1. The van der Waals surface area contributed by atoms with Crippen LogP contribution in [0.3, 0.4) is 0 Å². The van der Waals surface area contributed by atoms with E-state index in [0.29, 0.717) is 17.1 Å². The summed E-state index contributed by atoms with van der Waals surface area (Å²) in [6.45, 7) is 0.860. The molecule has 1 aliphatic rings. The minimum absolute atomic E-state index is 0.0301.